The van der Waals surface area contributed by atoms with Crippen molar-refractivity contribution in [1.29, 1.82) is 0 Å². The summed E-state index contributed by atoms with van der Waals surface area (Å²) in [5, 5.41) is 9.71. The lowest BCUT2D eigenvalue weighted by atomic mass is 9.92. The minimum absolute atomic E-state index is 0.0134. The molecule has 1 amide bonds. The molecule has 0 aliphatic rings. The van der Waals surface area contributed by atoms with E-state index in [1.165, 1.54) is 17.5 Å². The second-order valence-electron chi connectivity index (χ2n) is 4.74. The molecule has 0 aliphatic heterocycles. The molecule has 6 heteroatoms. The molecule has 0 saturated heterocycles. The summed E-state index contributed by atoms with van der Waals surface area (Å²) < 4.78 is 0. The number of nitrogens with one attached hydrogen (secondary N) is 2. The Morgan fingerprint density at radius 2 is 2.24 bits per heavy atom. The molecule has 2 aromatic heterocycles. The summed E-state index contributed by atoms with van der Waals surface area (Å²) in [6.45, 7) is 6.24. The Kier molecular flexibility index (Phi) is 2.97. The summed E-state index contributed by atoms with van der Waals surface area (Å²) in [5.41, 5.74) is 2.60. The molecule has 2 heterocycles. The summed E-state index contributed by atoms with van der Waals surface area (Å²) in [4.78, 5) is 16.2. The summed E-state index contributed by atoms with van der Waals surface area (Å²) in [7, 11) is 0. The van der Waals surface area contributed by atoms with Crippen LogP contribution in [-0.4, -0.2) is 21.1 Å². The topological polar surface area (TPSA) is 70.7 Å². The van der Waals surface area contributed by atoms with Crippen LogP contribution < -0.4 is 5.32 Å². The van der Waals surface area contributed by atoms with Crippen molar-refractivity contribution < 1.29 is 4.79 Å². The lowest BCUT2D eigenvalue weighted by Gasteiger charge is -2.14. The largest absolute Gasteiger partial charge is 0.304 e. The first-order valence-electron chi connectivity index (χ1n) is 5.22. The van der Waals surface area contributed by atoms with Crippen LogP contribution in [0.2, 0.25) is 0 Å². The molecule has 0 aromatic carbocycles. The summed E-state index contributed by atoms with van der Waals surface area (Å²) in [5.74, 6) is 0.354. The molecule has 0 radical (unpaired) electrons. The third-order valence-electron chi connectivity index (χ3n) is 2.28. The van der Waals surface area contributed by atoms with Gasteiger partial charge in [0.15, 0.2) is 5.82 Å². The number of aromatic nitrogens is 3. The highest BCUT2D eigenvalue weighted by atomic mass is 32.1. The standard InChI is InChI=1S/C11H14N4OS/c1-11(2,3)8-4-9(15-14-8)13-10(16)7-5-12-6-17-7/h4-6H,1-3H3,(H2,13,14,15,16). The van der Waals surface area contributed by atoms with Crippen molar-refractivity contribution in [3.05, 3.63) is 28.3 Å². The van der Waals surface area contributed by atoms with Gasteiger partial charge in [0.25, 0.3) is 5.91 Å². The summed E-state index contributed by atoms with van der Waals surface area (Å²) in [6.07, 6.45) is 1.54. The number of anilines is 1. The minimum atomic E-state index is -0.181. The molecule has 2 N–H and O–H groups in total. The first-order chi connectivity index (χ1) is 7.97. The van der Waals surface area contributed by atoms with Crippen molar-refractivity contribution in [3.63, 3.8) is 0 Å². The van der Waals surface area contributed by atoms with Gasteiger partial charge in [0, 0.05) is 17.2 Å². The SMILES string of the molecule is CC(C)(C)c1cc(NC(=O)c2cncs2)n[nH]1. The van der Waals surface area contributed by atoms with Crippen LogP contribution in [0.1, 0.15) is 36.1 Å². The molecule has 0 fully saturated rings. The predicted molar refractivity (Wildman–Crippen MR) is 67.4 cm³/mol. The molecule has 2 aromatic rings. The van der Waals surface area contributed by atoms with Gasteiger partial charge in [0.1, 0.15) is 4.88 Å². The number of rotatable bonds is 2. The van der Waals surface area contributed by atoms with E-state index in [-0.39, 0.29) is 11.3 Å². The maximum absolute atomic E-state index is 11.7. The van der Waals surface area contributed by atoms with Gasteiger partial charge in [0.05, 0.1) is 11.7 Å². The lowest BCUT2D eigenvalue weighted by molar-refractivity contribution is 0.103. The normalized spacial score (nSPS) is 11.5. The van der Waals surface area contributed by atoms with E-state index in [4.69, 9.17) is 0 Å². The smallest absolute Gasteiger partial charge is 0.268 e. The first-order valence-corrected chi connectivity index (χ1v) is 6.10. The number of thiazole rings is 1. The molecule has 5 nitrogen and oxygen atoms in total. The van der Waals surface area contributed by atoms with E-state index in [2.05, 4.69) is 41.3 Å². The van der Waals surface area contributed by atoms with E-state index in [1.807, 2.05) is 6.07 Å². The minimum Gasteiger partial charge on any atom is -0.304 e. The van der Waals surface area contributed by atoms with Crippen molar-refractivity contribution in [3.8, 4) is 0 Å². The van der Waals surface area contributed by atoms with E-state index < -0.39 is 0 Å². The zero-order valence-corrected chi connectivity index (χ0v) is 10.8. The number of nitrogens with zero attached hydrogens (tertiary/aromatic N) is 2. The number of aromatic amines is 1. The van der Waals surface area contributed by atoms with Gasteiger partial charge in [-0.2, -0.15) is 5.10 Å². The number of H-pyrrole nitrogens is 1. The Morgan fingerprint density at radius 3 is 2.76 bits per heavy atom. The quantitative estimate of drug-likeness (QED) is 0.859. The molecule has 0 saturated carbocycles. The Balaban J connectivity index is 2.10. The summed E-state index contributed by atoms with van der Waals surface area (Å²) >= 11 is 1.30. The number of hydrogen-bond donors (Lipinski definition) is 2. The van der Waals surface area contributed by atoms with Gasteiger partial charge in [0.2, 0.25) is 0 Å². The van der Waals surface area contributed by atoms with Crippen LogP contribution in [-0.2, 0) is 5.41 Å². The van der Waals surface area contributed by atoms with E-state index in [0.717, 1.165) is 5.69 Å². The second kappa shape index (κ2) is 4.29. The fraction of sp³-hybridized carbons (Fsp3) is 0.364. The van der Waals surface area contributed by atoms with E-state index in [1.54, 1.807) is 5.51 Å². The van der Waals surface area contributed by atoms with Crippen LogP contribution in [0.25, 0.3) is 0 Å². The molecule has 0 spiro atoms. The van der Waals surface area contributed by atoms with Crippen LogP contribution in [0.5, 0.6) is 0 Å². The number of carbonyl (C=O) groups is 1. The molecule has 0 bridgehead atoms. The number of carbonyl (C=O) groups excluding carboxylic acids is 1. The fourth-order valence-corrected chi connectivity index (χ4v) is 1.79. The van der Waals surface area contributed by atoms with Crippen molar-refractivity contribution in [2.45, 2.75) is 26.2 Å². The Bertz CT molecular complexity index is 510. The highest BCUT2D eigenvalue weighted by Gasteiger charge is 2.17. The van der Waals surface area contributed by atoms with Gasteiger partial charge in [-0.25, -0.2) is 0 Å². The van der Waals surface area contributed by atoms with Crippen LogP contribution in [0, 0.1) is 0 Å². The zero-order chi connectivity index (χ0) is 12.5. The first kappa shape index (κ1) is 11.8. The van der Waals surface area contributed by atoms with Crippen LogP contribution in [0.3, 0.4) is 0 Å². The highest BCUT2D eigenvalue weighted by molar-refractivity contribution is 7.11. The van der Waals surface area contributed by atoms with Gasteiger partial charge in [-0.15, -0.1) is 11.3 Å². The maximum atomic E-state index is 11.7. The molecule has 0 unspecified atom stereocenters. The average Bonchev–Trinajstić information content (AvgIpc) is 2.85. The lowest BCUT2D eigenvalue weighted by Crippen LogP contribution is -2.11. The third-order valence-corrected chi connectivity index (χ3v) is 3.06. The van der Waals surface area contributed by atoms with Crippen molar-refractivity contribution >= 4 is 23.1 Å². The molecule has 17 heavy (non-hydrogen) atoms. The molecule has 0 aliphatic carbocycles. The number of amides is 1. The Morgan fingerprint density at radius 1 is 1.47 bits per heavy atom. The molecule has 90 valence electrons. The average molecular weight is 250 g/mol. The second-order valence-corrected chi connectivity index (χ2v) is 5.62. The van der Waals surface area contributed by atoms with Crippen molar-refractivity contribution in [2.75, 3.05) is 5.32 Å². The molecule has 2 rings (SSSR count). The summed E-state index contributed by atoms with van der Waals surface area (Å²) in [6, 6.07) is 1.85. The molecule has 0 atom stereocenters. The molecular formula is C11H14N4OS. The maximum Gasteiger partial charge on any atom is 0.268 e. The predicted octanol–water partition coefficient (Wildman–Crippen LogP) is 2.42. The van der Waals surface area contributed by atoms with E-state index >= 15 is 0 Å². The van der Waals surface area contributed by atoms with Crippen LogP contribution in [0.15, 0.2) is 17.8 Å². The highest BCUT2D eigenvalue weighted by Crippen LogP contribution is 2.22. The Labute approximate surface area is 103 Å². The molecular weight excluding hydrogens is 236 g/mol. The van der Waals surface area contributed by atoms with Crippen LogP contribution >= 0.6 is 11.3 Å². The Hall–Kier alpha value is -1.69. The van der Waals surface area contributed by atoms with Gasteiger partial charge < -0.3 is 5.32 Å². The van der Waals surface area contributed by atoms with Crippen molar-refractivity contribution in [1.82, 2.24) is 15.2 Å². The van der Waals surface area contributed by atoms with E-state index in [9.17, 15) is 4.79 Å². The van der Waals surface area contributed by atoms with Gasteiger partial charge in [-0.3, -0.25) is 14.9 Å². The van der Waals surface area contributed by atoms with Gasteiger partial charge in [-0.05, 0) is 0 Å². The van der Waals surface area contributed by atoms with Crippen LogP contribution in [0.4, 0.5) is 5.82 Å². The van der Waals surface area contributed by atoms with Gasteiger partial charge >= 0.3 is 0 Å². The monoisotopic (exact) mass is 250 g/mol. The zero-order valence-electron chi connectivity index (χ0n) is 9.94. The van der Waals surface area contributed by atoms with Crippen molar-refractivity contribution in [2.24, 2.45) is 0 Å². The van der Waals surface area contributed by atoms with Gasteiger partial charge in [-0.1, -0.05) is 20.8 Å². The fourth-order valence-electron chi connectivity index (χ4n) is 1.28. The van der Waals surface area contributed by atoms with E-state index in [0.29, 0.717) is 10.7 Å². The number of hydrogen-bond acceptors (Lipinski definition) is 4. The third kappa shape index (κ3) is 2.71.